The maximum absolute atomic E-state index is 12.4. The Kier molecular flexibility index (Phi) is 5.63. The zero-order valence-corrected chi connectivity index (χ0v) is 16.7. The molecule has 0 saturated heterocycles. The molecule has 0 unspecified atom stereocenters. The van der Waals surface area contributed by atoms with E-state index >= 15 is 0 Å². The molecular formula is C21H26N4O3. The summed E-state index contributed by atoms with van der Waals surface area (Å²) in [6, 6.07) is 5.41. The van der Waals surface area contributed by atoms with Gasteiger partial charge in [-0.25, -0.2) is 4.98 Å². The molecule has 3 rings (SSSR count). The van der Waals surface area contributed by atoms with Gasteiger partial charge in [-0.3, -0.25) is 14.4 Å². The number of benzene rings is 1. The summed E-state index contributed by atoms with van der Waals surface area (Å²) < 4.78 is 0. The highest BCUT2D eigenvalue weighted by Gasteiger charge is 2.33. The largest absolute Gasteiger partial charge is 0.356 e. The van der Waals surface area contributed by atoms with Gasteiger partial charge in [-0.2, -0.15) is 0 Å². The topological polar surface area (TPSA) is 104 Å². The molecule has 0 spiro atoms. The lowest BCUT2D eigenvalue weighted by atomic mass is 9.92. The number of amides is 2. The highest BCUT2D eigenvalue weighted by molar-refractivity contribution is 6.05. The molecule has 0 saturated carbocycles. The fraction of sp³-hybridized carbons (Fsp3) is 0.429. The number of anilines is 1. The van der Waals surface area contributed by atoms with Crippen LogP contribution in [0.5, 0.6) is 0 Å². The summed E-state index contributed by atoms with van der Waals surface area (Å²) in [7, 11) is 0. The number of aromatic nitrogens is 2. The standard InChI is InChI=1S/C21H26N4O3/c1-11(2)20-23-14(9-18(27)25-20)5-6-22-17(26)10-15-19-13(4)7-12(3)8-16(19)24-21(15)28/h7-9,11,15H,5-6,10H2,1-4H3,(H,22,26)(H,24,28)(H,23,25,27)/t15-/m0/s1. The van der Waals surface area contributed by atoms with Crippen molar-refractivity contribution in [3.63, 3.8) is 0 Å². The second-order valence-electron chi connectivity index (χ2n) is 7.67. The Hall–Kier alpha value is -2.96. The van der Waals surface area contributed by atoms with Crippen molar-refractivity contribution in [2.75, 3.05) is 11.9 Å². The molecule has 3 N–H and O–H groups in total. The molecule has 1 aliphatic rings. The predicted molar refractivity (Wildman–Crippen MR) is 108 cm³/mol. The number of carbonyl (C=O) groups is 2. The van der Waals surface area contributed by atoms with Crippen molar-refractivity contribution in [2.24, 2.45) is 0 Å². The molecule has 1 aliphatic heterocycles. The average Bonchev–Trinajstić information content (AvgIpc) is 2.89. The van der Waals surface area contributed by atoms with Crippen LogP contribution >= 0.6 is 0 Å². The lowest BCUT2D eigenvalue weighted by molar-refractivity contribution is -0.125. The van der Waals surface area contributed by atoms with Crippen LogP contribution in [0.3, 0.4) is 0 Å². The van der Waals surface area contributed by atoms with Crippen LogP contribution in [0.15, 0.2) is 23.0 Å². The first kappa shape index (κ1) is 19.8. The maximum atomic E-state index is 12.4. The summed E-state index contributed by atoms with van der Waals surface area (Å²) in [5, 5.41) is 5.71. The highest BCUT2D eigenvalue weighted by atomic mass is 16.2. The zero-order chi connectivity index (χ0) is 20.4. The van der Waals surface area contributed by atoms with Crippen LogP contribution in [0, 0.1) is 13.8 Å². The number of carbonyl (C=O) groups excluding carboxylic acids is 2. The van der Waals surface area contributed by atoms with Gasteiger partial charge in [0, 0.05) is 42.8 Å². The molecule has 7 heteroatoms. The summed E-state index contributed by atoms with van der Waals surface area (Å²) in [5.41, 5.74) is 4.25. The van der Waals surface area contributed by atoms with Gasteiger partial charge in [0.05, 0.1) is 5.92 Å². The first-order valence-corrected chi connectivity index (χ1v) is 9.53. The Labute approximate surface area is 164 Å². The summed E-state index contributed by atoms with van der Waals surface area (Å²) in [4.78, 5) is 43.6. The van der Waals surface area contributed by atoms with Crippen LogP contribution in [0.25, 0.3) is 0 Å². The Balaban J connectivity index is 1.60. The SMILES string of the molecule is Cc1cc(C)c2c(c1)NC(=O)[C@H]2CC(=O)NCCc1cc(=O)[nH]c(C(C)C)n1. The van der Waals surface area contributed by atoms with Crippen molar-refractivity contribution in [3.8, 4) is 0 Å². The van der Waals surface area contributed by atoms with E-state index in [2.05, 4.69) is 20.6 Å². The molecule has 0 radical (unpaired) electrons. The molecule has 7 nitrogen and oxygen atoms in total. The third-order valence-corrected chi connectivity index (χ3v) is 4.91. The van der Waals surface area contributed by atoms with Crippen molar-refractivity contribution in [2.45, 2.75) is 52.4 Å². The van der Waals surface area contributed by atoms with Crippen LogP contribution in [0.2, 0.25) is 0 Å². The summed E-state index contributed by atoms with van der Waals surface area (Å²) >= 11 is 0. The number of aromatic amines is 1. The van der Waals surface area contributed by atoms with Crippen LogP contribution < -0.4 is 16.2 Å². The molecule has 1 aromatic heterocycles. The molecule has 2 amide bonds. The number of nitrogens with zero attached hydrogens (tertiary/aromatic N) is 1. The normalized spacial score (nSPS) is 15.5. The summed E-state index contributed by atoms with van der Waals surface area (Å²) in [6.45, 7) is 8.21. The van der Waals surface area contributed by atoms with E-state index in [0.29, 0.717) is 24.5 Å². The van der Waals surface area contributed by atoms with E-state index in [-0.39, 0.29) is 29.7 Å². The van der Waals surface area contributed by atoms with E-state index in [0.717, 1.165) is 22.4 Å². The van der Waals surface area contributed by atoms with Crippen molar-refractivity contribution in [1.82, 2.24) is 15.3 Å². The molecule has 28 heavy (non-hydrogen) atoms. The minimum atomic E-state index is -0.471. The van der Waals surface area contributed by atoms with Gasteiger partial charge in [0.1, 0.15) is 5.82 Å². The number of hydrogen-bond donors (Lipinski definition) is 3. The maximum Gasteiger partial charge on any atom is 0.251 e. The number of fused-ring (bicyclic) bond motifs is 1. The molecule has 2 heterocycles. The van der Waals surface area contributed by atoms with Gasteiger partial charge in [-0.05, 0) is 36.6 Å². The van der Waals surface area contributed by atoms with Crippen molar-refractivity contribution < 1.29 is 9.59 Å². The highest BCUT2D eigenvalue weighted by Crippen LogP contribution is 2.37. The molecule has 0 bridgehead atoms. The van der Waals surface area contributed by atoms with E-state index in [4.69, 9.17) is 0 Å². The predicted octanol–water partition coefficient (Wildman–Crippen LogP) is 2.29. The van der Waals surface area contributed by atoms with Gasteiger partial charge in [-0.15, -0.1) is 0 Å². The van der Waals surface area contributed by atoms with Gasteiger partial charge in [-0.1, -0.05) is 19.9 Å². The number of aryl methyl sites for hydroxylation is 2. The molecule has 148 valence electrons. The molecule has 0 fully saturated rings. The van der Waals surface area contributed by atoms with E-state index in [9.17, 15) is 14.4 Å². The Morgan fingerprint density at radius 1 is 1.21 bits per heavy atom. The van der Waals surface area contributed by atoms with Gasteiger partial charge < -0.3 is 15.6 Å². The third kappa shape index (κ3) is 4.30. The molecular weight excluding hydrogens is 356 g/mol. The lowest BCUT2D eigenvalue weighted by Crippen LogP contribution is -2.29. The van der Waals surface area contributed by atoms with E-state index in [1.165, 1.54) is 6.07 Å². The van der Waals surface area contributed by atoms with Crippen LogP contribution in [-0.4, -0.2) is 28.3 Å². The lowest BCUT2D eigenvalue weighted by Gasteiger charge is -2.12. The second-order valence-corrected chi connectivity index (χ2v) is 7.67. The minimum Gasteiger partial charge on any atom is -0.356 e. The van der Waals surface area contributed by atoms with Gasteiger partial charge >= 0.3 is 0 Å². The van der Waals surface area contributed by atoms with Crippen molar-refractivity contribution in [3.05, 3.63) is 56.8 Å². The fourth-order valence-electron chi connectivity index (χ4n) is 3.61. The molecule has 1 aromatic carbocycles. The van der Waals surface area contributed by atoms with Crippen LogP contribution in [-0.2, 0) is 16.0 Å². The number of nitrogens with one attached hydrogen (secondary N) is 3. The van der Waals surface area contributed by atoms with E-state index < -0.39 is 5.92 Å². The van der Waals surface area contributed by atoms with Crippen molar-refractivity contribution >= 4 is 17.5 Å². The van der Waals surface area contributed by atoms with Crippen LogP contribution in [0.4, 0.5) is 5.69 Å². The average molecular weight is 382 g/mol. The Morgan fingerprint density at radius 3 is 2.68 bits per heavy atom. The van der Waals surface area contributed by atoms with Gasteiger partial charge in [0.25, 0.3) is 5.56 Å². The number of H-pyrrole nitrogens is 1. The summed E-state index contributed by atoms with van der Waals surface area (Å²) in [5.74, 6) is -0.0479. The molecule has 1 atom stereocenters. The molecule has 2 aromatic rings. The number of hydrogen-bond acceptors (Lipinski definition) is 4. The third-order valence-electron chi connectivity index (χ3n) is 4.91. The van der Waals surface area contributed by atoms with E-state index in [1.807, 2.05) is 39.8 Å². The Bertz CT molecular complexity index is 978. The Morgan fingerprint density at radius 2 is 1.96 bits per heavy atom. The van der Waals surface area contributed by atoms with Gasteiger partial charge in [0.2, 0.25) is 11.8 Å². The fourth-order valence-corrected chi connectivity index (χ4v) is 3.61. The van der Waals surface area contributed by atoms with Crippen LogP contribution in [0.1, 0.15) is 60.3 Å². The summed E-state index contributed by atoms with van der Waals surface area (Å²) in [6.07, 6.45) is 0.559. The van der Waals surface area contributed by atoms with Gasteiger partial charge in [0.15, 0.2) is 0 Å². The zero-order valence-electron chi connectivity index (χ0n) is 16.7. The van der Waals surface area contributed by atoms with Crippen molar-refractivity contribution in [1.29, 1.82) is 0 Å². The van der Waals surface area contributed by atoms with E-state index in [1.54, 1.807) is 0 Å². The second kappa shape index (κ2) is 7.96. The quantitative estimate of drug-likeness (QED) is 0.713. The minimum absolute atomic E-state index is 0.1000. The first-order valence-electron chi connectivity index (χ1n) is 9.53. The molecule has 0 aliphatic carbocycles. The monoisotopic (exact) mass is 382 g/mol. The smallest absolute Gasteiger partial charge is 0.251 e. The number of rotatable bonds is 6. The first-order chi connectivity index (χ1) is 13.2.